The number of hydrogen-bond donors (Lipinski definition) is 1. The summed E-state index contributed by atoms with van der Waals surface area (Å²) in [4.78, 5) is 2.51. The average molecular weight is 316 g/mol. The number of piperazine rings is 1. The Bertz CT molecular complexity index is 793. The molecule has 0 bridgehead atoms. The molecule has 2 fully saturated rings. The second kappa shape index (κ2) is 5.03. The molecule has 4 rings (SSSR count). The van der Waals surface area contributed by atoms with Gasteiger partial charge in [-0.15, -0.1) is 0 Å². The lowest BCUT2D eigenvalue weighted by Crippen LogP contribution is -2.44. The summed E-state index contributed by atoms with van der Waals surface area (Å²) in [5, 5.41) is 8.65. The van der Waals surface area contributed by atoms with Crippen LogP contribution in [0.5, 0.6) is 0 Å². The summed E-state index contributed by atoms with van der Waals surface area (Å²) in [5.41, 5.74) is 3.99. The van der Waals surface area contributed by atoms with E-state index in [4.69, 9.17) is 0 Å². The van der Waals surface area contributed by atoms with Gasteiger partial charge in [0.2, 0.25) is 0 Å². The first kappa shape index (κ1) is 14.2. The maximum Gasteiger partial charge on any atom is 0.0674 e. The van der Waals surface area contributed by atoms with Crippen molar-refractivity contribution in [1.82, 2.24) is 14.5 Å². The van der Waals surface area contributed by atoms with Crippen LogP contribution in [0.1, 0.15) is 24.3 Å². The lowest BCUT2D eigenvalue weighted by Gasteiger charge is -2.39. The van der Waals surface area contributed by atoms with Gasteiger partial charge in [0.15, 0.2) is 0 Å². The summed E-state index contributed by atoms with van der Waals surface area (Å²) in [6.45, 7) is 4.18. The van der Waals surface area contributed by atoms with Gasteiger partial charge in [-0.2, -0.15) is 14.5 Å². The minimum atomic E-state index is -1.09. The number of rotatable bonds is 3. The predicted octanol–water partition coefficient (Wildman–Crippen LogP) is 2.78. The van der Waals surface area contributed by atoms with Gasteiger partial charge in [0.1, 0.15) is 0 Å². The Morgan fingerprint density at radius 1 is 1.18 bits per heavy atom. The van der Waals surface area contributed by atoms with E-state index in [9.17, 15) is 0 Å². The molecule has 1 aromatic carbocycles. The maximum absolute atomic E-state index is 4.25. The molecule has 0 spiro atoms. The summed E-state index contributed by atoms with van der Waals surface area (Å²) in [6, 6.07) is 4.68. The third-order valence-corrected chi connectivity index (χ3v) is 6.42. The van der Waals surface area contributed by atoms with Crippen LogP contribution >= 0.6 is 9.39 Å². The van der Waals surface area contributed by atoms with Crippen molar-refractivity contribution in [3.05, 3.63) is 23.9 Å². The van der Waals surface area contributed by atoms with E-state index < -0.39 is 9.39 Å². The average Bonchev–Trinajstić information content (AvgIpc) is 3.23. The van der Waals surface area contributed by atoms with E-state index in [1.807, 2.05) is 6.20 Å². The third-order valence-electron chi connectivity index (χ3n) is 4.81. The second-order valence-corrected chi connectivity index (χ2v) is 9.74. The van der Waals surface area contributed by atoms with Crippen molar-refractivity contribution in [2.75, 3.05) is 37.3 Å². The van der Waals surface area contributed by atoms with E-state index in [-0.39, 0.29) is 0 Å². The molecule has 22 heavy (non-hydrogen) atoms. The van der Waals surface area contributed by atoms with Crippen LogP contribution in [0.4, 0.5) is 5.69 Å². The molecule has 2 aromatic rings. The van der Waals surface area contributed by atoms with Gasteiger partial charge >= 0.3 is 0 Å². The number of nitrogens with zero attached hydrogens (tertiary/aromatic N) is 3. The summed E-state index contributed by atoms with van der Waals surface area (Å²) in [5.74, 6) is 9.25. The van der Waals surface area contributed by atoms with Crippen molar-refractivity contribution in [2.45, 2.75) is 18.8 Å². The molecule has 2 heterocycles. The summed E-state index contributed by atoms with van der Waals surface area (Å²) >= 11 is 0. The molecular weight excluding hydrogens is 292 g/mol. The minimum Gasteiger partial charge on any atom is -0.368 e. The van der Waals surface area contributed by atoms with E-state index >= 15 is 0 Å². The second-order valence-electron chi connectivity index (χ2n) is 6.78. The van der Waals surface area contributed by atoms with Crippen LogP contribution in [0.25, 0.3) is 10.9 Å². The molecule has 1 saturated heterocycles. The van der Waals surface area contributed by atoms with Gasteiger partial charge in [-0.05, 0) is 42.7 Å². The van der Waals surface area contributed by atoms with Crippen molar-refractivity contribution in [1.29, 1.82) is 0 Å². The van der Waals surface area contributed by atoms with Gasteiger partial charge in [0, 0.05) is 37.3 Å². The Labute approximate surface area is 132 Å². The lowest BCUT2D eigenvalue weighted by atomic mass is 10.1. The number of nitrogens with one attached hydrogen (secondary N) is 1. The smallest absolute Gasteiger partial charge is 0.0674 e. The number of anilines is 1. The number of aromatic amines is 1. The molecule has 0 radical (unpaired) electrons. The molecule has 0 amide bonds. The fourth-order valence-corrected chi connectivity index (χ4v) is 4.38. The first-order valence-electron chi connectivity index (χ1n) is 7.94. The van der Waals surface area contributed by atoms with Gasteiger partial charge in [-0.1, -0.05) is 11.7 Å². The van der Waals surface area contributed by atoms with E-state index in [0.717, 1.165) is 32.1 Å². The predicted molar refractivity (Wildman–Crippen MR) is 99.6 cm³/mol. The molecule has 1 aromatic heterocycles. The molecule has 0 atom stereocenters. The van der Waals surface area contributed by atoms with Crippen molar-refractivity contribution < 1.29 is 0 Å². The Balaban J connectivity index is 1.65. The first-order valence-corrected chi connectivity index (χ1v) is 10.3. The monoisotopic (exact) mass is 316 g/mol. The van der Waals surface area contributed by atoms with Crippen LogP contribution in [0, 0.1) is 0 Å². The molecule has 1 N–H and O–H groups in total. The largest absolute Gasteiger partial charge is 0.368 e. The Hall–Kier alpha value is -1.46. The van der Waals surface area contributed by atoms with Crippen LogP contribution in [0.3, 0.4) is 0 Å². The first-order chi connectivity index (χ1) is 10.5. The molecule has 1 saturated carbocycles. The topological polar surface area (TPSA) is 35.2 Å². The van der Waals surface area contributed by atoms with Gasteiger partial charge in [-0.25, -0.2) is 0 Å². The molecule has 0 unspecified atom stereocenters. The summed E-state index contributed by atoms with van der Waals surface area (Å²) < 4.78 is 2.45. The molecule has 1 aliphatic carbocycles. The highest BCUT2D eigenvalue weighted by Gasteiger charge is 2.26. The SMILES string of the molecule is C=S(=C)(C)N1CCN(c2cc(C3CC3)cc3[nH]ncc23)CC1. The summed E-state index contributed by atoms with van der Waals surface area (Å²) in [6.07, 6.45) is 6.80. The highest BCUT2D eigenvalue weighted by atomic mass is 32.2. The number of fused-ring (bicyclic) bond motifs is 1. The van der Waals surface area contributed by atoms with E-state index in [1.165, 1.54) is 35.0 Å². The van der Waals surface area contributed by atoms with Crippen LogP contribution in [0.15, 0.2) is 18.3 Å². The number of H-pyrrole nitrogens is 1. The Morgan fingerprint density at radius 2 is 1.91 bits per heavy atom. The highest BCUT2D eigenvalue weighted by molar-refractivity contribution is 8.25. The lowest BCUT2D eigenvalue weighted by molar-refractivity contribution is 0.429. The van der Waals surface area contributed by atoms with Crippen LogP contribution in [-0.2, 0) is 0 Å². The Kier molecular flexibility index (Phi) is 3.24. The van der Waals surface area contributed by atoms with Gasteiger partial charge in [0.25, 0.3) is 0 Å². The zero-order valence-corrected chi connectivity index (χ0v) is 14.0. The Morgan fingerprint density at radius 3 is 2.55 bits per heavy atom. The van der Waals surface area contributed by atoms with E-state index in [2.05, 4.69) is 49.5 Å². The number of aromatic nitrogens is 2. The van der Waals surface area contributed by atoms with Gasteiger partial charge in [0.05, 0.1) is 11.7 Å². The van der Waals surface area contributed by atoms with Crippen molar-refractivity contribution in [2.24, 2.45) is 0 Å². The standard InChI is InChI=1S/C17H24N4S/c1-22(2,3)21-8-6-20(7-9-21)17-11-14(13-4-5-13)10-16-15(17)12-18-19-16/h10-13H,1-2,4-9H2,3H3,(H,18,19). The van der Waals surface area contributed by atoms with Crippen molar-refractivity contribution >= 4 is 37.7 Å². The quantitative estimate of drug-likeness (QED) is 0.885. The van der Waals surface area contributed by atoms with Gasteiger partial charge in [-0.3, -0.25) is 9.40 Å². The normalized spacial score (nSPS) is 20.7. The molecule has 4 nitrogen and oxygen atoms in total. The number of hydrogen-bond acceptors (Lipinski definition) is 3. The van der Waals surface area contributed by atoms with Crippen molar-refractivity contribution in [3.8, 4) is 0 Å². The molecule has 118 valence electrons. The zero-order valence-electron chi connectivity index (χ0n) is 13.2. The van der Waals surface area contributed by atoms with Gasteiger partial charge < -0.3 is 4.90 Å². The highest BCUT2D eigenvalue weighted by Crippen LogP contribution is 2.43. The summed E-state index contributed by atoms with van der Waals surface area (Å²) in [7, 11) is -1.09. The fourth-order valence-electron chi connectivity index (χ4n) is 3.34. The fraction of sp³-hybridized carbons (Fsp3) is 0.471. The minimum absolute atomic E-state index is 0.764. The molecule has 1 aliphatic heterocycles. The van der Waals surface area contributed by atoms with Crippen LogP contribution in [0.2, 0.25) is 0 Å². The van der Waals surface area contributed by atoms with Crippen LogP contribution in [-0.4, -0.2) is 58.7 Å². The van der Waals surface area contributed by atoms with Crippen LogP contribution < -0.4 is 4.90 Å². The van der Waals surface area contributed by atoms with E-state index in [0.29, 0.717) is 0 Å². The maximum atomic E-state index is 4.25. The zero-order chi connectivity index (χ0) is 15.3. The number of benzene rings is 1. The third kappa shape index (κ3) is 2.52. The van der Waals surface area contributed by atoms with Crippen molar-refractivity contribution in [3.63, 3.8) is 0 Å². The van der Waals surface area contributed by atoms with E-state index in [1.54, 1.807) is 0 Å². The molecule has 2 aliphatic rings. The molecule has 5 heteroatoms. The molecular formula is C17H24N4S.